The molecule has 2 aromatic carbocycles. The Morgan fingerprint density at radius 3 is 2.18 bits per heavy atom. The molecule has 2 rings (SSSR count). The van der Waals surface area contributed by atoms with E-state index in [2.05, 4.69) is 11.8 Å². The van der Waals surface area contributed by atoms with Crippen molar-refractivity contribution in [3.8, 4) is 11.5 Å². The first-order valence-electron chi connectivity index (χ1n) is 7.70. The molecule has 0 aliphatic rings. The number of aryl methyl sites for hydroxylation is 3. The van der Waals surface area contributed by atoms with E-state index in [9.17, 15) is 10.2 Å². The monoisotopic (exact) mass is 299 g/mol. The summed E-state index contributed by atoms with van der Waals surface area (Å²) in [5, 5.41) is 20.3. The van der Waals surface area contributed by atoms with Crippen molar-refractivity contribution in [3.63, 3.8) is 0 Å². The SMILES string of the molecule is CCN(Cc1cc(C)ccc1O)Cc1cc(C)cc(C)c1O. The molecule has 0 fully saturated rings. The number of nitrogens with zero attached hydrogens (tertiary/aromatic N) is 1. The normalized spacial score (nSPS) is 11.1. The summed E-state index contributed by atoms with van der Waals surface area (Å²) >= 11 is 0. The van der Waals surface area contributed by atoms with E-state index in [-0.39, 0.29) is 0 Å². The summed E-state index contributed by atoms with van der Waals surface area (Å²) in [6.45, 7) is 10.3. The van der Waals surface area contributed by atoms with Gasteiger partial charge in [-0.05, 0) is 38.9 Å². The summed E-state index contributed by atoms with van der Waals surface area (Å²) in [7, 11) is 0. The molecule has 0 saturated carbocycles. The predicted molar refractivity (Wildman–Crippen MR) is 90.2 cm³/mol. The predicted octanol–water partition coefficient (Wildman–Crippen LogP) is 4.05. The Kier molecular flexibility index (Phi) is 5.09. The first-order chi connectivity index (χ1) is 10.4. The van der Waals surface area contributed by atoms with Crippen molar-refractivity contribution in [2.75, 3.05) is 6.54 Å². The number of hydrogen-bond acceptors (Lipinski definition) is 3. The molecule has 0 atom stereocenters. The van der Waals surface area contributed by atoms with Crippen LogP contribution in [0.25, 0.3) is 0 Å². The lowest BCUT2D eigenvalue weighted by Crippen LogP contribution is -2.22. The topological polar surface area (TPSA) is 43.7 Å². The van der Waals surface area contributed by atoms with Crippen molar-refractivity contribution in [1.29, 1.82) is 0 Å². The van der Waals surface area contributed by atoms with Crippen LogP contribution in [0.3, 0.4) is 0 Å². The fourth-order valence-electron chi connectivity index (χ4n) is 2.77. The lowest BCUT2D eigenvalue weighted by atomic mass is 10.0. The third-order valence-electron chi connectivity index (χ3n) is 3.99. The van der Waals surface area contributed by atoms with E-state index in [4.69, 9.17) is 0 Å². The molecule has 22 heavy (non-hydrogen) atoms. The highest BCUT2D eigenvalue weighted by Gasteiger charge is 2.12. The molecule has 0 bridgehead atoms. The molecule has 0 aliphatic carbocycles. The molecule has 0 aromatic heterocycles. The van der Waals surface area contributed by atoms with Gasteiger partial charge in [0.05, 0.1) is 0 Å². The van der Waals surface area contributed by atoms with E-state index in [0.717, 1.165) is 34.4 Å². The zero-order valence-corrected chi connectivity index (χ0v) is 13.8. The number of phenols is 2. The van der Waals surface area contributed by atoms with Crippen molar-refractivity contribution < 1.29 is 10.2 Å². The van der Waals surface area contributed by atoms with Gasteiger partial charge in [-0.25, -0.2) is 0 Å². The molecule has 0 unspecified atom stereocenters. The number of hydrogen-bond donors (Lipinski definition) is 2. The van der Waals surface area contributed by atoms with Crippen molar-refractivity contribution in [1.82, 2.24) is 4.90 Å². The second-order valence-corrected chi connectivity index (χ2v) is 6.02. The summed E-state index contributed by atoms with van der Waals surface area (Å²) in [6, 6.07) is 9.68. The highest BCUT2D eigenvalue weighted by molar-refractivity contribution is 5.42. The van der Waals surface area contributed by atoms with Gasteiger partial charge in [0.15, 0.2) is 0 Å². The van der Waals surface area contributed by atoms with Gasteiger partial charge < -0.3 is 10.2 Å². The highest BCUT2D eigenvalue weighted by Crippen LogP contribution is 2.26. The standard InChI is InChI=1S/C19H25NO2/c1-5-20(11-16-9-13(2)6-7-18(16)21)12-17-10-14(3)8-15(4)19(17)22/h6-10,21-22H,5,11-12H2,1-4H3. The van der Waals surface area contributed by atoms with E-state index in [0.29, 0.717) is 24.6 Å². The number of benzene rings is 2. The molecule has 2 N–H and O–H groups in total. The van der Waals surface area contributed by atoms with E-state index in [1.54, 1.807) is 6.07 Å². The maximum absolute atomic E-state index is 10.3. The zero-order chi connectivity index (χ0) is 16.3. The van der Waals surface area contributed by atoms with Crippen LogP contribution in [0.5, 0.6) is 11.5 Å². The Morgan fingerprint density at radius 1 is 0.864 bits per heavy atom. The minimum absolute atomic E-state index is 0.327. The zero-order valence-electron chi connectivity index (χ0n) is 13.8. The fourth-order valence-corrected chi connectivity index (χ4v) is 2.77. The summed E-state index contributed by atoms with van der Waals surface area (Å²) in [5.41, 5.74) is 5.06. The second-order valence-electron chi connectivity index (χ2n) is 6.02. The van der Waals surface area contributed by atoms with Crippen LogP contribution in [-0.4, -0.2) is 21.7 Å². The van der Waals surface area contributed by atoms with E-state index in [1.165, 1.54) is 0 Å². The van der Waals surface area contributed by atoms with Gasteiger partial charge in [0.25, 0.3) is 0 Å². The average molecular weight is 299 g/mol. The van der Waals surface area contributed by atoms with Crippen LogP contribution >= 0.6 is 0 Å². The molecule has 3 heteroatoms. The van der Waals surface area contributed by atoms with Gasteiger partial charge in [0.1, 0.15) is 11.5 Å². The van der Waals surface area contributed by atoms with Crippen LogP contribution in [0.2, 0.25) is 0 Å². The third kappa shape index (κ3) is 3.80. The Labute approximate surface area is 132 Å². The van der Waals surface area contributed by atoms with Gasteiger partial charge in [-0.3, -0.25) is 4.90 Å². The molecule has 0 heterocycles. The van der Waals surface area contributed by atoms with Crippen LogP contribution < -0.4 is 0 Å². The Morgan fingerprint density at radius 2 is 1.50 bits per heavy atom. The minimum Gasteiger partial charge on any atom is -0.508 e. The van der Waals surface area contributed by atoms with E-state index in [1.807, 2.05) is 45.0 Å². The Hall–Kier alpha value is -2.00. The minimum atomic E-state index is 0.327. The Balaban J connectivity index is 2.21. The first kappa shape index (κ1) is 16.4. The molecule has 118 valence electrons. The number of phenolic OH excluding ortho intramolecular Hbond substituents is 2. The maximum Gasteiger partial charge on any atom is 0.122 e. The highest BCUT2D eigenvalue weighted by atomic mass is 16.3. The molecule has 2 aromatic rings. The van der Waals surface area contributed by atoms with Crippen molar-refractivity contribution in [2.24, 2.45) is 0 Å². The molecule has 0 aliphatic heterocycles. The van der Waals surface area contributed by atoms with Crippen LogP contribution in [0.1, 0.15) is 34.7 Å². The molecule has 0 spiro atoms. The van der Waals surface area contributed by atoms with Gasteiger partial charge in [0, 0.05) is 24.2 Å². The smallest absolute Gasteiger partial charge is 0.122 e. The maximum atomic E-state index is 10.3. The third-order valence-corrected chi connectivity index (χ3v) is 3.99. The Bertz CT molecular complexity index is 665. The lowest BCUT2D eigenvalue weighted by molar-refractivity contribution is 0.263. The van der Waals surface area contributed by atoms with Crippen LogP contribution in [0, 0.1) is 20.8 Å². The van der Waals surface area contributed by atoms with Crippen LogP contribution in [0.15, 0.2) is 30.3 Å². The summed E-state index contributed by atoms with van der Waals surface area (Å²) in [5.74, 6) is 0.700. The van der Waals surface area contributed by atoms with Gasteiger partial charge in [-0.2, -0.15) is 0 Å². The quantitative estimate of drug-likeness (QED) is 0.875. The number of aromatic hydroxyl groups is 2. The summed E-state index contributed by atoms with van der Waals surface area (Å²) < 4.78 is 0. The van der Waals surface area contributed by atoms with Gasteiger partial charge >= 0.3 is 0 Å². The molecule has 3 nitrogen and oxygen atoms in total. The van der Waals surface area contributed by atoms with Crippen molar-refractivity contribution in [3.05, 3.63) is 58.1 Å². The molecule has 0 saturated heterocycles. The van der Waals surface area contributed by atoms with Gasteiger partial charge in [0.2, 0.25) is 0 Å². The van der Waals surface area contributed by atoms with E-state index < -0.39 is 0 Å². The summed E-state index contributed by atoms with van der Waals surface area (Å²) in [6.07, 6.45) is 0. The lowest BCUT2D eigenvalue weighted by Gasteiger charge is -2.22. The van der Waals surface area contributed by atoms with Gasteiger partial charge in [-0.15, -0.1) is 0 Å². The first-order valence-corrected chi connectivity index (χ1v) is 7.70. The number of rotatable bonds is 5. The van der Waals surface area contributed by atoms with Crippen LogP contribution in [-0.2, 0) is 13.1 Å². The van der Waals surface area contributed by atoms with Crippen LogP contribution in [0.4, 0.5) is 0 Å². The van der Waals surface area contributed by atoms with Crippen molar-refractivity contribution in [2.45, 2.75) is 40.8 Å². The molecular formula is C19H25NO2. The largest absolute Gasteiger partial charge is 0.508 e. The second kappa shape index (κ2) is 6.84. The van der Waals surface area contributed by atoms with E-state index >= 15 is 0 Å². The fraction of sp³-hybridized carbons (Fsp3) is 0.368. The molecular weight excluding hydrogens is 274 g/mol. The summed E-state index contributed by atoms with van der Waals surface area (Å²) in [4.78, 5) is 2.21. The average Bonchev–Trinajstić information content (AvgIpc) is 2.47. The van der Waals surface area contributed by atoms with Crippen molar-refractivity contribution >= 4 is 0 Å². The van der Waals surface area contributed by atoms with Gasteiger partial charge in [-0.1, -0.05) is 42.3 Å². The molecule has 0 radical (unpaired) electrons. The molecule has 0 amide bonds.